The summed E-state index contributed by atoms with van der Waals surface area (Å²) < 4.78 is 5.74. The van der Waals surface area contributed by atoms with Crippen LogP contribution in [0.3, 0.4) is 0 Å². The zero-order valence-corrected chi connectivity index (χ0v) is 18.3. The molecule has 0 saturated carbocycles. The zero-order valence-electron chi connectivity index (χ0n) is 18.3. The second-order valence-electron chi connectivity index (χ2n) is 8.39. The first-order valence-corrected chi connectivity index (χ1v) is 10.9. The summed E-state index contributed by atoms with van der Waals surface area (Å²) in [6.45, 7) is 14.1. The summed E-state index contributed by atoms with van der Waals surface area (Å²) in [5.74, 6) is 0.325. The monoisotopic (exact) mass is 405 g/mol. The van der Waals surface area contributed by atoms with Crippen molar-refractivity contribution >= 4 is 5.82 Å². The summed E-state index contributed by atoms with van der Waals surface area (Å²) in [6, 6.07) is 6.77. The van der Waals surface area contributed by atoms with Crippen LogP contribution in [0.25, 0.3) is 11.1 Å². The molecule has 0 unspecified atom stereocenters. The molecule has 0 bridgehead atoms. The molecule has 2 aromatic rings. The third-order valence-corrected chi connectivity index (χ3v) is 6.49. The second kappa shape index (κ2) is 8.73. The van der Waals surface area contributed by atoms with Gasteiger partial charge >= 0.3 is 0 Å². The average molecular weight is 406 g/mol. The molecule has 0 radical (unpaired) electrons. The average Bonchev–Trinajstić information content (AvgIpc) is 2.75. The van der Waals surface area contributed by atoms with E-state index >= 15 is 0 Å². The number of fused-ring (bicyclic) bond motifs is 1. The fraction of sp³-hybridized carbons (Fsp3) is 0.500. The number of ether oxygens (including phenoxy) is 1. The van der Waals surface area contributed by atoms with E-state index in [0.29, 0.717) is 24.6 Å². The second-order valence-corrected chi connectivity index (χ2v) is 8.39. The maximum absolute atomic E-state index is 9.88. The van der Waals surface area contributed by atoms with Crippen LogP contribution in [0.15, 0.2) is 12.1 Å². The number of pyridine rings is 1. The molecule has 1 fully saturated rings. The normalized spacial score (nSPS) is 17.5. The molecule has 2 aliphatic rings. The van der Waals surface area contributed by atoms with Crippen LogP contribution >= 0.6 is 0 Å². The fourth-order valence-corrected chi connectivity index (χ4v) is 4.67. The van der Waals surface area contributed by atoms with Gasteiger partial charge in [-0.15, -0.1) is 0 Å². The Morgan fingerprint density at radius 3 is 2.60 bits per heavy atom. The Labute approximate surface area is 179 Å². The predicted molar refractivity (Wildman–Crippen MR) is 119 cm³/mol. The molecule has 0 amide bonds. The molecule has 0 atom stereocenters. The Bertz CT molecular complexity index is 986. The lowest BCUT2D eigenvalue weighted by atomic mass is 9.87. The van der Waals surface area contributed by atoms with E-state index < -0.39 is 0 Å². The van der Waals surface area contributed by atoms with E-state index in [1.165, 1.54) is 16.7 Å². The molecule has 158 valence electrons. The minimum absolute atomic E-state index is 0.325. The summed E-state index contributed by atoms with van der Waals surface area (Å²) in [5, 5.41) is 9.88. The summed E-state index contributed by atoms with van der Waals surface area (Å²) in [6.07, 6.45) is 0.734. The van der Waals surface area contributed by atoms with Gasteiger partial charge in [0.2, 0.25) is 0 Å². The molecule has 3 heterocycles. The van der Waals surface area contributed by atoms with Crippen molar-refractivity contribution in [1.82, 2.24) is 14.8 Å². The molecule has 6 nitrogen and oxygen atoms in total. The molecule has 0 aliphatic carbocycles. The number of piperazine rings is 1. The van der Waals surface area contributed by atoms with Crippen LogP contribution in [0.1, 0.15) is 40.4 Å². The maximum atomic E-state index is 9.88. The molecule has 1 saturated heterocycles. The number of nitrogens with two attached hydrogens (primary N) is 1. The number of benzene rings is 1. The van der Waals surface area contributed by atoms with Gasteiger partial charge in [0.1, 0.15) is 17.5 Å². The van der Waals surface area contributed by atoms with Crippen LogP contribution in [0.4, 0.5) is 5.82 Å². The van der Waals surface area contributed by atoms with E-state index in [1.807, 2.05) is 0 Å². The van der Waals surface area contributed by atoms with Gasteiger partial charge in [-0.2, -0.15) is 5.26 Å². The van der Waals surface area contributed by atoms with Crippen LogP contribution in [-0.2, 0) is 24.3 Å². The molecule has 4 rings (SSSR count). The first-order valence-electron chi connectivity index (χ1n) is 10.9. The van der Waals surface area contributed by atoms with Crippen molar-refractivity contribution in [2.45, 2.75) is 40.3 Å². The van der Waals surface area contributed by atoms with Gasteiger partial charge in [0.05, 0.1) is 18.9 Å². The zero-order chi connectivity index (χ0) is 21.3. The number of aryl methyl sites for hydroxylation is 1. The highest BCUT2D eigenvalue weighted by Crippen LogP contribution is 2.38. The molecule has 2 N–H and O–H groups in total. The van der Waals surface area contributed by atoms with Crippen molar-refractivity contribution in [3.63, 3.8) is 0 Å². The molecule has 1 aromatic heterocycles. The molecule has 2 aliphatic heterocycles. The first kappa shape index (κ1) is 20.8. The first-order chi connectivity index (χ1) is 14.5. The van der Waals surface area contributed by atoms with Gasteiger partial charge in [0.15, 0.2) is 0 Å². The number of anilines is 1. The molecule has 0 spiro atoms. The van der Waals surface area contributed by atoms with E-state index in [-0.39, 0.29) is 0 Å². The Hall–Kier alpha value is -2.46. The number of hydrogen-bond donors (Lipinski definition) is 1. The summed E-state index contributed by atoms with van der Waals surface area (Å²) >= 11 is 0. The third kappa shape index (κ3) is 3.93. The lowest BCUT2D eigenvalue weighted by molar-refractivity contribution is 0.109. The number of hydrogen-bond acceptors (Lipinski definition) is 6. The van der Waals surface area contributed by atoms with Crippen molar-refractivity contribution in [3.8, 4) is 17.2 Å². The molecule has 1 aromatic carbocycles. The van der Waals surface area contributed by atoms with Gasteiger partial charge in [-0.3, -0.25) is 4.90 Å². The standard InChI is InChI=1S/C24H31N5O/c1-4-28-6-8-29(9-7-28)14-18-11-16(2)12-19(17(18)3)23-20(13-25)24(26)27-22-5-10-30-15-21(22)23/h11-12H,4-10,14-15H2,1-3H3,(H2,26,27). The molecule has 30 heavy (non-hydrogen) atoms. The largest absolute Gasteiger partial charge is 0.383 e. The number of nitrogen functional groups attached to an aromatic ring is 1. The van der Waals surface area contributed by atoms with E-state index in [0.717, 1.165) is 68.1 Å². The van der Waals surface area contributed by atoms with Crippen LogP contribution in [0.5, 0.6) is 0 Å². The lowest BCUT2D eigenvalue weighted by Gasteiger charge is -2.34. The van der Waals surface area contributed by atoms with Gasteiger partial charge in [0.25, 0.3) is 0 Å². The van der Waals surface area contributed by atoms with Crippen LogP contribution in [0.2, 0.25) is 0 Å². The van der Waals surface area contributed by atoms with Crippen molar-refractivity contribution in [1.29, 1.82) is 5.26 Å². The predicted octanol–water partition coefficient (Wildman–Crippen LogP) is 3.03. The van der Waals surface area contributed by atoms with Crippen molar-refractivity contribution < 1.29 is 4.74 Å². The van der Waals surface area contributed by atoms with Gasteiger partial charge in [0, 0.05) is 50.3 Å². The number of nitriles is 1. The van der Waals surface area contributed by atoms with E-state index in [2.05, 4.69) is 53.8 Å². The Kier molecular flexibility index (Phi) is 6.05. The van der Waals surface area contributed by atoms with Gasteiger partial charge in [-0.25, -0.2) is 4.98 Å². The van der Waals surface area contributed by atoms with Crippen LogP contribution in [0, 0.1) is 25.2 Å². The van der Waals surface area contributed by atoms with Crippen molar-refractivity contribution in [2.24, 2.45) is 0 Å². The number of nitrogens with zero attached hydrogens (tertiary/aromatic N) is 4. The van der Waals surface area contributed by atoms with Crippen LogP contribution < -0.4 is 5.73 Å². The lowest BCUT2D eigenvalue weighted by Crippen LogP contribution is -2.45. The van der Waals surface area contributed by atoms with E-state index in [1.54, 1.807) is 0 Å². The van der Waals surface area contributed by atoms with E-state index in [4.69, 9.17) is 10.5 Å². The quantitative estimate of drug-likeness (QED) is 0.842. The number of rotatable bonds is 4. The summed E-state index contributed by atoms with van der Waals surface area (Å²) in [4.78, 5) is 9.54. The Morgan fingerprint density at radius 1 is 1.17 bits per heavy atom. The summed E-state index contributed by atoms with van der Waals surface area (Å²) in [7, 11) is 0. The Morgan fingerprint density at radius 2 is 1.90 bits per heavy atom. The molecular formula is C24H31N5O. The van der Waals surface area contributed by atoms with Crippen molar-refractivity contribution in [2.75, 3.05) is 45.1 Å². The smallest absolute Gasteiger partial charge is 0.142 e. The molecule has 6 heteroatoms. The molecular weight excluding hydrogens is 374 g/mol. The van der Waals surface area contributed by atoms with Crippen LogP contribution in [-0.4, -0.2) is 54.1 Å². The highest BCUT2D eigenvalue weighted by molar-refractivity contribution is 5.82. The third-order valence-electron chi connectivity index (χ3n) is 6.49. The fourth-order valence-electron chi connectivity index (χ4n) is 4.67. The minimum Gasteiger partial charge on any atom is -0.383 e. The maximum Gasteiger partial charge on any atom is 0.142 e. The van der Waals surface area contributed by atoms with Gasteiger partial charge in [-0.1, -0.05) is 24.6 Å². The minimum atomic E-state index is 0.325. The number of aromatic nitrogens is 1. The van der Waals surface area contributed by atoms with Gasteiger partial charge in [-0.05, 0) is 37.1 Å². The van der Waals surface area contributed by atoms with Crippen molar-refractivity contribution in [3.05, 3.63) is 45.6 Å². The Balaban J connectivity index is 1.76. The summed E-state index contributed by atoms with van der Waals surface area (Å²) in [5.41, 5.74) is 14.4. The topological polar surface area (TPSA) is 78.4 Å². The SMILES string of the molecule is CCN1CCN(Cc2cc(C)cc(-c3c(C#N)c(N)nc4c3COCC4)c2C)CC1. The highest BCUT2D eigenvalue weighted by Gasteiger charge is 2.25. The van der Waals surface area contributed by atoms with Gasteiger partial charge < -0.3 is 15.4 Å². The number of likely N-dealkylation sites (N-methyl/N-ethyl adjacent to an activating group) is 1. The highest BCUT2D eigenvalue weighted by atomic mass is 16.5. The van der Waals surface area contributed by atoms with E-state index in [9.17, 15) is 5.26 Å².